The molecule has 1 heterocycles. The first-order valence-electron chi connectivity index (χ1n) is 6.23. The van der Waals surface area contributed by atoms with Crippen molar-refractivity contribution < 1.29 is 0 Å². The predicted octanol–water partition coefficient (Wildman–Crippen LogP) is 0.0295. The first-order valence-corrected chi connectivity index (χ1v) is 6.23. The molecule has 1 saturated carbocycles. The Morgan fingerprint density at radius 1 is 1.41 bits per heavy atom. The molecule has 0 spiro atoms. The second-order valence-corrected chi connectivity index (χ2v) is 4.52. The van der Waals surface area contributed by atoms with Gasteiger partial charge in [0.15, 0.2) is 0 Å². The standard InChI is InChI=1S/C12H19N3O2/c1-2-14-7-5-11(16)15(12(14)17)8-6-13-9-10-3-4-10/h5,7,10,13H,2-4,6,8-9H2,1H3. The van der Waals surface area contributed by atoms with Gasteiger partial charge in [-0.15, -0.1) is 0 Å². The molecule has 1 fully saturated rings. The van der Waals surface area contributed by atoms with Crippen LogP contribution in [0.1, 0.15) is 19.8 Å². The van der Waals surface area contributed by atoms with E-state index in [1.807, 2.05) is 6.92 Å². The first kappa shape index (κ1) is 12.1. The molecule has 94 valence electrons. The van der Waals surface area contributed by atoms with Crippen LogP contribution < -0.4 is 16.6 Å². The summed E-state index contributed by atoms with van der Waals surface area (Å²) in [6, 6.07) is 1.45. The number of hydrogen-bond acceptors (Lipinski definition) is 3. The maximum atomic E-state index is 11.9. The molecule has 0 bridgehead atoms. The highest BCUT2D eigenvalue weighted by Crippen LogP contribution is 2.27. The molecular formula is C12H19N3O2. The van der Waals surface area contributed by atoms with E-state index in [1.165, 1.54) is 23.5 Å². The summed E-state index contributed by atoms with van der Waals surface area (Å²) in [5, 5.41) is 3.28. The van der Waals surface area contributed by atoms with Gasteiger partial charge in [-0.1, -0.05) is 0 Å². The van der Waals surface area contributed by atoms with Crippen molar-refractivity contribution in [2.75, 3.05) is 13.1 Å². The van der Waals surface area contributed by atoms with Crippen LogP contribution in [0.4, 0.5) is 0 Å². The second kappa shape index (κ2) is 5.31. The molecule has 0 radical (unpaired) electrons. The quantitative estimate of drug-likeness (QED) is 0.710. The Balaban J connectivity index is 1.98. The molecule has 1 aromatic heterocycles. The Morgan fingerprint density at radius 3 is 2.82 bits per heavy atom. The molecule has 5 nitrogen and oxygen atoms in total. The molecule has 5 heteroatoms. The van der Waals surface area contributed by atoms with Crippen LogP contribution in [0.15, 0.2) is 21.9 Å². The monoisotopic (exact) mass is 237 g/mol. The summed E-state index contributed by atoms with van der Waals surface area (Å²) in [6.45, 7) is 4.62. The van der Waals surface area contributed by atoms with E-state index in [1.54, 1.807) is 10.8 Å². The Bertz CT molecular complexity index is 485. The van der Waals surface area contributed by atoms with E-state index in [0.29, 0.717) is 19.6 Å². The minimum absolute atomic E-state index is 0.215. The van der Waals surface area contributed by atoms with E-state index in [2.05, 4.69) is 5.32 Å². The van der Waals surface area contributed by atoms with Crippen LogP contribution in [0.25, 0.3) is 0 Å². The van der Waals surface area contributed by atoms with Gasteiger partial charge in [0.1, 0.15) is 0 Å². The van der Waals surface area contributed by atoms with E-state index >= 15 is 0 Å². The molecule has 17 heavy (non-hydrogen) atoms. The minimum atomic E-state index is -0.215. The Morgan fingerprint density at radius 2 is 2.18 bits per heavy atom. The number of nitrogens with zero attached hydrogens (tertiary/aromatic N) is 2. The number of nitrogens with one attached hydrogen (secondary N) is 1. The average molecular weight is 237 g/mol. The smallest absolute Gasteiger partial charge is 0.315 e. The Labute approximate surface area is 100 Å². The largest absolute Gasteiger partial charge is 0.330 e. The van der Waals surface area contributed by atoms with E-state index in [9.17, 15) is 9.59 Å². The van der Waals surface area contributed by atoms with Crippen molar-refractivity contribution in [3.8, 4) is 0 Å². The number of hydrogen-bond donors (Lipinski definition) is 1. The van der Waals surface area contributed by atoms with Crippen molar-refractivity contribution in [1.82, 2.24) is 14.5 Å². The van der Waals surface area contributed by atoms with Gasteiger partial charge in [-0.25, -0.2) is 4.79 Å². The van der Waals surface area contributed by atoms with Gasteiger partial charge < -0.3 is 9.88 Å². The molecule has 1 aliphatic carbocycles. The fourth-order valence-electron chi connectivity index (χ4n) is 1.82. The number of rotatable bonds is 6. The fourth-order valence-corrected chi connectivity index (χ4v) is 1.82. The predicted molar refractivity (Wildman–Crippen MR) is 66.2 cm³/mol. The van der Waals surface area contributed by atoms with Gasteiger partial charge in [0.2, 0.25) is 0 Å². The SMILES string of the molecule is CCn1ccc(=O)n(CCNCC2CC2)c1=O. The van der Waals surface area contributed by atoms with Gasteiger partial charge in [-0.3, -0.25) is 9.36 Å². The zero-order valence-electron chi connectivity index (χ0n) is 10.2. The van der Waals surface area contributed by atoms with Crippen LogP contribution in [-0.2, 0) is 13.1 Å². The molecule has 0 amide bonds. The number of aryl methyl sites for hydroxylation is 1. The van der Waals surface area contributed by atoms with Crippen LogP contribution in [0.2, 0.25) is 0 Å². The molecule has 0 unspecified atom stereocenters. The van der Waals surface area contributed by atoms with Gasteiger partial charge >= 0.3 is 5.69 Å². The molecule has 2 rings (SSSR count). The normalized spacial score (nSPS) is 15.1. The highest BCUT2D eigenvalue weighted by molar-refractivity contribution is 4.86. The molecule has 0 saturated heterocycles. The highest BCUT2D eigenvalue weighted by atomic mass is 16.2. The van der Waals surface area contributed by atoms with Crippen molar-refractivity contribution in [3.63, 3.8) is 0 Å². The van der Waals surface area contributed by atoms with Gasteiger partial charge in [-0.05, 0) is 32.2 Å². The van der Waals surface area contributed by atoms with E-state index < -0.39 is 0 Å². The summed E-state index contributed by atoms with van der Waals surface area (Å²) in [5.74, 6) is 0.815. The lowest BCUT2D eigenvalue weighted by atomic mass is 10.4. The topological polar surface area (TPSA) is 56.0 Å². The third-order valence-corrected chi connectivity index (χ3v) is 3.12. The summed E-state index contributed by atoms with van der Waals surface area (Å²) in [4.78, 5) is 23.4. The van der Waals surface area contributed by atoms with Crippen molar-refractivity contribution >= 4 is 0 Å². The van der Waals surface area contributed by atoms with Crippen LogP contribution in [0, 0.1) is 5.92 Å². The third kappa shape index (κ3) is 3.06. The zero-order chi connectivity index (χ0) is 12.3. The van der Waals surface area contributed by atoms with E-state index in [0.717, 1.165) is 12.5 Å². The summed E-state index contributed by atoms with van der Waals surface area (Å²) in [5.41, 5.74) is -0.429. The summed E-state index contributed by atoms with van der Waals surface area (Å²) >= 11 is 0. The van der Waals surface area contributed by atoms with Gasteiger partial charge in [0.05, 0.1) is 0 Å². The van der Waals surface area contributed by atoms with Crippen LogP contribution in [0.5, 0.6) is 0 Å². The molecular weight excluding hydrogens is 218 g/mol. The maximum Gasteiger partial charge on any atom is 0.330 e. The van der Waals surface area contributed by atoms with Gasteiger partial charge in [-0.2, -0.15) is 0 Å². The van der Waals surface area contributed by atoms with Gasteiger partial charge in [0.25, 0.3) is 5.56 Å². The molecule has 0 aromatic carbocycles. The van der Waals surface area contributed by atoms with Crippen LogP contribution >= 0.6 is 0 Å². The molecule has 1 aromatic rings. The van der Waals surface area contributed by atoms with E-state index in [4.69, 9.17) is 0 Å². The second-order valence-electron chi connectivity index (χ2n) is 4.52. The van der Waals surface area contributed by atoms with Crippen molar-refractivity contribution in [1.29, 1.82) is 0 Å². The molecule has 1 N–H and O–H groups in total. The van der Waals surface area contributed by atoms with Gasteiger partial charge in [0, 0.05) is 31.9 Å². The maximum absolute atomic E-state index is 11.9. The lowest BCUT2D eigenvalue weighted by Gasteiger charge is -2.08. The fraction of sp³-hybridized carbons (Fsp3) is 0.667. The van der Waals surface area contributed by atoms with Crippen molar-refractivity contribution in [2.24, 2.45) is 5.92 Å². The summed E-state index contributed by atoms with van der Waals surface area (Å²) < 4.78 is 2.84. The average Bonchev–Trinajstić information content (AvgIpc) is 3.12. The zero-order valence-corrected chi connectivity index (χ0v) is 10.2. The Kier molecular flexibility index (Phi) is 3.78. The van der Waals surface area contributed by atoms with Crippen molar-refractivity contribution in [2.45, 2.75) is 32.9 Å². The Hall–Kier alpha value is -1.36. The minimum Gasteiger partial charge on any atom is -0.315 e. The first-order chi connectivity index (χ1) is 8.22. The molecule has 1 aliphatic rings. The lowest BCUT2D eigenvalue weighted by Crippen LogP contribution is -2.41. The van der Waals surface area contributed by atoms with E-state index in [-0.39, 0.29) is 11.2 Å². The van der Waals surface area contributed by atoms with Crippen molar-refractivity contribution in [3.05, 3.63) is 33.1 Å². The third-order valence-electron chi connectivity index (χ3n) is 3.12. The molecule has 0 aliphatic heterocycles. The van der Waals surface area contributed by atoms with Crippen LogP contribution in [-0.4, -0.2) is 22.2 Å². The van der Waals surface area contributed by atoms with Crippen LogP contribution in [0.3, 0.4) is 0 Å². The lowest BCUT2D eigenvalue weighted by molar-refractivity contribution is 0.523. The summed E-state index contributed by atoms with van der Waals surface area (Å²) in [7, 11) is 0. The summed E-state index contributed by atoms with van der Waals surface area (Å²) in [6.07, 6.45) is 4.17. The number of aromatic nitrogens is 2. The highest BCUT2D eigenvalue weighted by Gasteiger charge is 2.20. The molecule has 0 atom stereocenters.